The molecule has 6 heterocycles. The Balaban J connectivity index is 0.982. The molecule has 0 saturated carbocycles. The molecule has 0 aliphatic carbocycles. The Morgan fingerprint density at radius 3 is 1.47 bits per heavy atom. The first-order valence-corrected chi connectivity index (χ1v) is 17.3. The zero-order chi connectivity index (χ0) is 33.3. The summed E-state index contributed by atoms with van der Waals surface area (Å²) in [7, 11) is -5.00. The molecule has 47 heavy (non-hydrogen) atoms. The first-order chi connectivity index (χ1) is 22.5. The van der Waals surface area contributed by atoms with E-state index >= 15 is 0 Å². The number of nitrogens with one attached hydrogen (secondary N) is 6. The summed E-state index contributed by atoms with van der Waals surface area (Å²) in [5, 5.41) is 7.60. The minimum Gasteiger partial charge on any atom is -0.313 e. The van der Waals surface area contributed by atoms with Crippen LogP contribution in [0.25, 0.3) is 0 Å². The average molecular weight is 685 g/mol. The van der Waals surface area contributed by atoms with Gasteiger partial charge in [-0.25, -0.2) is 9.59 Å². The Morgan fingerprint density at radius 1 is 0.660 bits per heavy atom. The van der Waals surface area contributed by atoms with E-state index in [4.69, 9.17) is 8.57 Å². The first-order valence-electron chi connectivity index (χ1n) is 16.0. The number of carbonyl (C=O) groups is 6. The van der Waals surface area contributed by atoms with Crippen LogP contribution in [0.4, 0.5) is 9.59 Å². The Morgan fingerprint density at radius 2 is 1.09 bits per heavy atom. The van der Waals surface area contributed by atoms with Gasteiger partial charge in [-0.2, -0.15) is 18.5 Å². The highest BCUT2D eigenvalue weighted by Gasteiger charge is 2.52. The number of rotatable bonds is 10. The van der Waals surface area contributed by atoms with Crippen molar-refractivity contribution in [2.45, 2.75) is 100 Å². The van der Waals surface area contributed by atoms with E-state index in [1.54, 1.807) is 0 Å². The second-order valence-corrected chi connectivity index (χ2v) is 13.8. The second-order valence-electron chi connectivity index (χ2n) is 12.6. The zero-order valence-corrected chi connectivity index (χ0v) is 26.5. The molecule has 0 radical (unpaired) electrons. The molecular formula is C26H40N10O10S. The maximum Gasteiger partial charge on any atom is 0.442 e. The fourth-order valence-corrected chi connectivity index (χ4v) is 7.85. The van der Waals surface area contributed by atoms with Gasteiger partial charge < -0.3 is 20.4 Å². The number of hydrazine groups is 2. The van der Waals surface area contributed by atoms with Gasteiger partial charge in [-0.05, 0) is 64.5 Å². The van der Waals surface area contributed by atoms with Crippen molar-refractivity contribution in [3.05, 3.63) is 0 Å². The molecule has 6 rings (SSSR count). The van der Waals surface area contributed by atoms with Gasteiger partial charge in [-0.15, -0.1) is 8.57 Å². The molecule has 6 atom stereocenters. The summed E-state index contributed by atoms with van der Waals surface area (Å²) >= 11 is 0. The van der Waals surface area contributed by atoms with E-state index in [0.717, 1.165) is 48.6 Å². The fourth-order valence-electron chi connectivity index (χ4n) is 7.06. The Kier molecular flexibility index (Phi) is 9.69. The van der Waals surface area contributed by atoms with Crippen molar-refractivity contribution in [1.29, 1.82) is 0 Å². The molecule has 0 spiro atoms. The van der Waals surface area contributed by atoms with Crippen molar-refractivity contribution >= 4 is 46.1 Å². The predicted molar refractivity (Wildman–Crippen MR) is 156 cm³/mol. The summed E-state index contributed by atoms with van der Waals surface area (Å²) in [5.74, 6) is -2.01. The lowest BCUT2D eigenvalue weighted by Crippen LogP contribution is -2.54. The summed E-state index contributed by atoms with van der Waals surface area (Å²) in [6, 6.07) is -5.07. The zero-order valence-electron chi connectivity index (χ0n) is 25.6. The molecule has 8 amide bonds. The number of hydroxylamine groups is 4. The SMILES string of the molecule is O=C(CC1CCCN1)NNC(=O)C1CCC2CN1C(=O)N2OS(=O)(=O)ON1C(=O)N2CC1CCC2C(=O)NNC(=O)CC1CCCN1. The Labute approximate surface area is 270 Å². The number of hydrogen-bond acceptors (Lipinski definition) is 12. The fraction of sp³-hybridized carbons (Fsp3) is 0.769. The van der Waals surface area contributed by atoms with Gasteiger partial charge in [0.05, 0.1) is 12.1 Å². The third-order valence-electron chi connectivity index (χ3n) is 9.43. The van der Waals surface area contributed by atoms with E-state index in [1.807, 2.05) is 0 Å². The normalized spacial score (nSPS) is 30.1. The number of hydrogen-bond donors (Lipinski definition) is 6. The minimum atomic E-state index is -5.00. The summed E-state index contributed by atoms with van der Waals surface area (Å²) in [4.78, 5) is 78.5. The van der Waals surface area contributed by atoms with E-state index in [-0.39, 0.29) is 75.5 Å². The number of fused-ring (bicyclic) bond motifs is 4. The summed E-state index contributed by atoms with van der Waals surface area (Å²) in [5.41, 5.74) is 9.41. The maximum absolute atomic E-state index is 13.1. The van der Waals surface area contributed by atoms with Crippen LogP contribution in [-0.4, -0.2) is 126 Å². The largest absolute Gasteiger partial charge is 0.442 e. The number of amides is 8. The number of carbonyl (C=O) groups excluding carboxylic acids is 6. The van der Waals surface area contributed by atoms with Gasteiger partial charge in [0, 0.05) is 38.0 Å². The minimum absolute atomic E-state index is 0.00404. The molecule has 6 saturated heterocycles. The summed E-state index contributed by atoms with van der Waals surface area (Å²) in [6.45, 7) is 1.65. The maximum atomic E-state index is 13.1. The summed E-state index contributed by atoms with van der Waals surface area (Å²) in [6.07, 6.45) is 4.86. The van der Waals surface area contributed by atoms with Gasteiger partial charge in [-0.1, -0.05) is 0 Å². The number of urea groups is 2. The van der Waals surface area contributed by atoms with Crippen molar-refractivity contribution in [2.75, 3.05) is 26.2 Å². The lowest BCUT2D eigenvalue weighted by Gasteiger charge is -2.29. The van der Waals surface area contributed by atoms with Crippen LogP contribution >= 0.6 is 0 Å². The smallest absolute Gasteiger partial charge is 0.313 e. The van der Waals surface area contributed by atoms with E-state index in [9.17, 15) is 37.2 Å². The highest BCUT2D eigenvalue weighted by Crippen LogP contribution is 2.33. The lowest BCUT2D eigenvalue weighted by molar-refractivity contribution is -0.132. The van der Waals surface area contributed by atoms with Crippen molar-refractivity contribution in [1.82, 2.24) is 52.3 Å². The molecule has 6 aliphatic heterocycles. The van der Waals surface area contributed by atoms with Crippen molar-refractivity contribution in [3.63, 3.8) is 0 Å². The van der Waals surface area contributed by atoms with Crippen molar-refractivity contribution in [3.8, 4) is 0 Å². The number of piperidine rings is 2. The molecule has 6 aliphatic rings. The highest BCUT2D eigenvalue weighted by atomic mass is 32.3. The van der Waals surface area contributed by atoms with Gasteiger partial charge in [0.1, 0.15) is 12.1 Å². The van der Waals surface area contributed by atoms with Crippen LogP contribution in [-0.2, 0) is 38.1 Å². The highest BCUT2D eigenvalue weighted by molar-refractivity contribution is 7.81. The first kappa shape index (κ1) is 33.1. The monoisotopic (exact) mass is 684 g/mol. The van der Waals surface area contributed by atoms with Crippen LogP contribution < -0.4 is 32.3 Å². The molecule has 6 fully saturated rings. The average Bonchev–Trinajstić information content (AvgIpc) is 3.84. The van der Waals surface area contributed by atoms with Gasteiger partial charge in [0.2, 0.25) is 11.8 Å². The van der Waals surface area contributed by atoms with E-state index in [2.05, 4.69) is 32.3 Å². The van der Waals surface area contributed by atoms with Crippen molar-refractivity contribution < 1.29 is 45.8 Å². The second kappa shape index (κ2) is 13.7. The molecule has 260 valence electrons. The molecule has 20 nitrogen and oxygen atoms in total. The third-order valence-corrected chi connectivity index (χ3v) is 10.1. The van der Waals surface area contributed by atoms with E-state index < -0.39 is 58.4 Å². The molecule has 0 aromatic heterocycles. The summed E-state index contributed by atoms with van der Waals surface area (Å²) < 4.78 is 35.9. The van der Waals surface area contributed by atoms with Crippen LogP contribution in [0.15, 0.2) is 0 Å². The van der Waals surface area contributed by atoms with Gasteiger partial charge in [0.15, 0.2) is 0 Å². The standard InChI is InChI=1S/C26H40N10O10S/c37-21(11-15-3-1-9-27-15)29-31-23(39)19-7-5-17-13-33(19)25(41)35(17)45-47(43,44)46-36-18-6-8-20(34(14-18)26(36)42)24(40)32-30-22(38)12-16-4-2-10-28-16/h15-20,27-28H,1-14H2,(H,29,37)(H,30,38)(H,31,39)(H,32,40). The van der Waals surface area contributed by atoms with Crippen LogP contribution in [0, 0.1) is 0 Å². The molecule has 21 heteroatoms. The molecule has 6 unspecified atom stereocenters. The lowest BCUT2D eigenvalue weighted by atomic mass is 10.0. The van der Waals surface area contributed by atoms with Crippen molar-refractivity contribution in [2.24, 2.45) is 0 Å². The van der Waals surface area contributed by atoms with E-state index in [1.165, 1.54) is 0 Å². The van der Waals surface area contributed by atoms with E-state index in [0.29, 0.717) is 10.1 Å². The van der Waals surface area contributed by atoms with Crippen LogP contribution in [0.5, 0.6) is 0 Å². The Hall–Kier alpha value is -3.79. The quantitative estimate of drug-likeness (QED) is 0.128. The topological polar surface area (TPSA) is 240 Å². The Bertz CT molecular complexity index is 1290. The number of nitrogens with zero attached hydrogens (tertiary/aromatic N) is 4. The van der Waals surface area contributed by atoms with Gasteiger partial charge in [0.25, 0.3) is 11.8 Å². The molecule has 6 N–H and O–H groups in total. The third kappa shape index (κ3) is 7.37. The van der Waals surface area contributed by atoms with Crippen LogP contribution in [0.1, 0.15) is 64.2 Å². The molecule has 0 aromatic rings. The van der Waals surface area contributed by atoms with Gasteiger partial charge in [-0.3, -0.25) is 40.9 Å². The van der Waals surface area contributed by atoms with Crippen LogP contribution in [0.2, 0.25) is 0 Å². The van der Waals surface area contributed by atoms with Gasteiger partial charge >= 0.3 is 22.5 Å². The van der Waals surface area contributed by atoms with Crippen LogP contribution in [0.3, 0.4) is 0 Å². The molecular weight excluding hydrogens is 644 g/mol. The molecule has 4 bridgehead atoms. The predicted octanol–water partition coefficient (Wildman–Crippen LogP) is -2.79. The molecule has 0 aromatic carbocycles.